The number of hydrogen-bond acceptors (Lipinski definition) is 5. The van der Waals surface area contributed by atoms with Crippen LogP contribution in [-0.4, -0.2) is 22.8 Å². The van der Waals surface area contributed by atoms with Crippen molar-refractivity contribution >= 4 is 46.4 Å². The number of anilines is 2. The second-order valence-electron chi connectivity index (χ2n) is 5.70. The van der Waals surface area contributed by atoms with Crippen LogP contribution in [0.25, 0.3) is 11.3 Å². The normalized spacial score (nSPS) is 12.6. The first-order valence-electron chi connectivity index (χ1n) is 7.80. The summed E-state index contributed by atoms with van der Waals surface area (Å²) >= 11 is 1.36. The Hall–Kier alpha value is -1.96. The number of thiazole rings is 1. The van der Waals surface area contributed by atoms with Gasteiger partial charge in [0.25, 0.3) is 0 Å². The van der Waals surface area contributed by atoms with Gasteiger partial charge >= 0.3 is 0 Å². The van der Waals surface area contributed by atoms with Crippen LogP contribution < -0.4 is 16.4 Å². The maximum Gasteiger partial charge on any atom is 0.243 e. The van der Waals surface area contributed by atoms with E-state index in [1.54, 1.807) is 0 Å². The molecule has 8 heteroatoms. The van der Waals surface area contributed by atoms with Crippen molar-refractivity contribution < 1.29 is 9.59 Å². The Kier molecular flexibility index (Phi) is 8.02. The first-order valence-corrected chi connectivity index (χ1v) is 8.68. The molecule has 0 saturated heterocycles. The lowest BCUT2D eigenvalue weighted by atomic mass is 10.00. The molecule has 0 saturated carbocycles. The van der Waals surface area contributed by atoms with E-state index in [-0.39, 0.29) is 30.1 Å². The molecular formula is C17H23ClN4O2S. The van der Waals surface area contributed by atoms with E-state index < -0.39 is 6.04 Å². The number of nitrogens with zero attached hydrogens (tertiary/aromatic N) is 1. The summed E-state index contributed by atoms with van der Waals surface area (Å²) in [4.78, 5) is 27.5. The molecule has 0 fully saturated rings. The molecule has 0 aliphatic carbocycles. The third-order valence-corrected chi connectivity index (χ3v) is 4.55. The first kappa shape index (κ1) is 21.1. The van der Waals surface area contributed by atoms with Crippen LogP contribution in [0.15, 0.2) is 29.6 Å². The third kappa shape index (κ3) is 5.81. The van der Waals surface area contributed by atoms with Gasteiger partial charge in [-0.05, 0) is 18.1 Å². The van der Waals surface area contributed by atoms with E-state index in [4.69, 9.17) is 5.73 Å². The van der Waals surface area contributed by atoms with Crippen LogP contribution >= 0.6 is 23.7 Å². The molecule has 1 aromatic carbocycles. The number of benzene rings is 1. The smallest absolute Gasteiger partial charge is 0.243 e. The fraction of sp³-hybridized carbons (Fsp3) is 0.353. The number of nitrogens with one attached hydrogen (secondary N) is 2. The Labute approximate surface area is 157 Å². The fourth-order valence-electron chi connectivity index (χ4n) is 2.09. The van der Waals surface area contributed by atoms with Gasteiger partial charge in [-0.25, -0.2) is 4.98 Å². The maximum atomic E-state index is 12.1. The van der Waals surface area contributed by atoms with Crippen LogP contribution in [0.3, 0.4) is 0 Å². The highest BCUT2D eigenvalue weighted by molar-refractivity contribution is 7.14. The van der Waals surface area contributed by atoms with Crippen molar-refractivity contribution in [2.24, 2.45) is 11.7 Å². The Balaban J connectivity index is 0.00000312. The predicted octanol–water partition coefficient (Wildman–Crippen LogP) is 3.50. The summed E-state index contributed by atoms with van der Waals surface area (Å²) in [6.45, 7) is 5.42. The first-order chi connectivity index (χ1) is 11.4. The lowest BCUT2D eigenvalue weighted by Gasteiger charge is -2.16. The second-order valence-corrected chi connectivity index (χ2v) is 6.56. The zero-order valence-corrected chi connectivity index (χ0v) is 16.0. The van der Waals surface area contributed by atoms with Crippen LogP contribution in [0.2, 0.25) is 0 Å². The molecule has 2 unspecified atom stereocenters. The topological polar surface area (TPSA) is 97.1 Å². The predicted molar refractivity (Wildman–Crippen MR) is 105 cm³/mol. The molecule has 2 atom stereocenters. The number of amides is 2. The van der Waals surface area contributed by atoms with E-state index in [1.807, 2.05) is 43.5 Å². The summed E-state index contributed by atoms with van der Waals surface area (Å²) in [5.41, 5.74) is 8.33. The number of aromatic nitrogens is 1. The van der Waals surface area contributed by atoms with Gasteiger partial charge in [0.15, 0.2) is 5.13 Å². The summed E-state index contributed by atoms with van der Waals surface area (Å²) in [7, 11) is 0. The minimum absolute atomic E-state index is 0. The maximum absolute atomic E-state index is 12.1. The Morgan fingerprint density at radius 2 is 1.88 bits per heavy atom. The van der Waals surface area contributed by atoms with Gasteiger partial charge in [-0.1, -0.05) is 32.4 Å². The highest BCUT2D eigenvalue weighted by Gasteiger charge is 2.20. The van der Waals surface area contributed by atoms with Gasteiger partial charge in [0.1, 0.15) is 0 Å². The molecule has 2 aromatic rings. The largest absolute Gasteiger partial charge is 0.326 e. The van der Waals surface area contributed by atoms with Crippen molar-refractivity contribution in [3.8, 4) is 11.3 Å². The molecule has 0 bridgehead atoms. The molecule has 0 radical (unpaired) electrons. The molecule has 4 N–H and O–H groups in total. The van der Waals surface area contributed by atoms with Crippen LogP contribution in [0.4, 0.5) is 10.8 Å². The Morgan fingerprint density at radius 1 is 1.24 bits per heavy atom. The summed E-state index contributed by atoms with van der Waals surface area (Å²) < 4.78 is 0. The molecule has 2 amide bonds. The number of carbonyl (C=O) groups is 2. The monoisotopic (exact) mass is 382 g/mol. The summed E-state index contributed by atoms with van der Waals surface area (Å²) in [5.74, 6) is -0.212. The zero-order chi connectivity index (χ0) is 17.7. The summed E-state index contributed by atoms with van der Waals surface area (Å²) in [6.07, 6.45) is 0.846. The van der Waals surface area contributed by atoms with Gasteiger partial charge in [0.05, 0.1) is 11.7 Å². The van der Waals surface area contributed by atoms with E-state index in [0.717, 1.165) is 23.4 Å². The fourth-order valence-corrected chi connectivity index (χ4v) is 2.82. The van der Waals surface area contributed by atoms with Crippen molar-refractivity contribution in [3.63, 3.8) is 0 Å². The minimum atomic E-state index is -0.542. The highest BCUT2D eigenvalue weighted by atomic mass is 35.5. The van der Waals surface area contributed by atoms with Gasteiger partial charge < -0.3 is 16.4 Å². The minimum Gasteiger partial charge on any atom is -0.326 e. The van der Waals surface area contributed by atoms with Gasteiger partial charge in [-0.3, -0.25) is 9.59 Å². The third-order valence-electron chi connectivity index (χ3n) is 3.80. The zero-order valence-electron chi connectivity index (χ0n) is 14.4. The molecule has 1 aromatic heterocycles. The Morgan fingerprint density at radius 3 is 2.44 bits per heavy atom. The number of rotatable bonds is 6. The lowest BCUT2D eigenvalue weighted by molar-refractivity contribution is -0.118. The Bertz CT molecular complexity index is 718. The van der Waals surface area contributed by atoms with Crippen LogP contribution in [0.1, 0.15) is 27.2 Å². The number of halogens is 1. The van der Waals surface area contributed by atoms with Crippen molar-refractivity contribution in [1.29, 1.82) is 0 Å². The molecule has 1 heterocycles. The molecule has 6 nitrogen and oxygen atoms in total. The van der Waals surface area contributed by atoms with Crippen molar-refractivity contribution in [2.45, 2.75) is 33.2 Å². The lowest BCUT2D eigenvalue weighted by Crippen LogP contribution is -2.40. The van der Waals surface area contributed by atoms with Crippen LogP contribution in [-0.2, 0) is 9.59 Å². The van der Waals surface area contributed by atoms with Crippen molar-refractivity contribution in [1.82, 2.24) is 4.98 Å². The second kappa shape index (κ2) is 9.50. The molecule has 0 aliphatic rings. The van der Waals surface area contributed by atoms with E-state index >= 15 is 0 Å². The van der Waals surface area contributed by atoms with Crippen molar-refractivity contribution in [3.05, 3.63) is 29.6 Å². The van der Waals surface area contributed by atoms with Crippen molar-refractivity contribution in [2.75, 3.05) is 10.6 Å². The standard InChI is InChI=1S/C17H22N4O2S.ClH/c1-4-10(2)15(18)16(23)21-17-20-14(9-24-17)12-5-7-13(8-6-12)19-11(3)22;/h5-10,15H,4,18H2,1-3H3,(H,19,22)(H,20,21,23);1H. The van der Waals surface area contributed by atoms with Crippen LogP contribution in [0, 0.1) is 5.92 Å². The van der Waals surface area contributed by atoms with E-state index in [2.05, 4.69) is 15.6 Å². The van der Waals surface area contributed by atoms with Gasteiger partial charge in [-0.15, -0.1) is 23.7 Å². The van der Waals surface area contributed by atoms with Crippen LogP contribution in [0.5, 0.6) is 0 Å². The SMILES string of the molecule is CCC(C)C(N)C(=O)Nc1nc(-c2ccc(NC(C)=O)cc2)cs1.Cl. The van der Waals surface area contributed by atoms with Gasteiger partial charge in [-0.2, -0.15) is 0 Å². The van der Waals surface area contributed by atoms with E-state index in [9.17, 15) is 9.59 Å². The molecule has 0 aliphatic heterocycles. The number of hydrogen-bond donors (Lipinski definition) is 3. The summed E-state index contributed by atoms with van der Waals surface area (Å²) in [5, 5.41) is 7.89. The number of nitrogens with two attached hydrogens (primary N) is 1. The molecular weight excluding hydrogens is 360 g/mol. The molecule has 25 heavy (non-hydrogen) atoms. The van der Waals surface area contributed by atoms with E-state index in [0.29, 0.717) is 5.13 Å². The molecule has 136 valence electrons. The molecule has 2 rings (SSSR count). The summed E-state index contributed by atoms with van der Waals surface area (Å²) in [6, 6.07) is 6.83. The van der Waals surface area contributed by atoms with E-state index in [1.165, 1.54) is 18.3 Å². The highest BCUT2D eigenvalue weighted by Crippen LogP contribution is 2.26. The number of carbonyl (C=O) groups excluding carboxylic acids is 2. The van der Waals surface area contributed by atoms with Gasteiger partial charge in [0, 0.05) is 23.6 Å². The quantitative estimate of drug-likeness (QED) is 0.712. The van der Waals surface area contributed by atoms with Gasteiger partial charge in [0.2, 0.25) is 11.8 Å². The molecule has 0 spiro atoms. The average molecular weight is 383 g/mol. The average Bonchev–Trinajstić information content (AvgIpc) is 3.01.